The Bertz CT molecular complexity index is 362. The lowest BCUT2D eigenvalue weighted by Crippen LogP contribution is -2.45. The Morgan fingerprint density at radius 2 is 1.38 bits per heavy atom. The highest BCUT2D eigenvalue weighted by molar-refractivity contribution is 6.60. The van der Waals surface area contributed by atoms with Gasteiger partial charge in [-0.05, 0) is 51.8 Å². The van der Waals surface area contributed by atoms with Crippen LogP contribution in [0.25, 0.3) is 0 Å². The van der Waals surface area contributed by atoms with Crippen molar-refractivity contribution in [2.45, 2.75) is 47.6 Å². The van der Waals surface area contributed by atoms with Crippen molar-refractivity contribution >= 4 is 14.5 Å². The average Bonchev–Trinajstić information content (AvgIpc) is 2.46. The molecule has 0 fully saturated rings. The van der Waals surface area contributed by atoms with Gasteiger partial charge in [0.15, 0.2) is 0 Å². The van der Waals surface area contributed by atoms with Gasteiger partial charge in [-0.1, -0.05) is 19.1 Å². The van der Waals surface area contributed by atoms with Gasteiger partial charge in [-0.2, -0.15) is 0 Å². The Hall–Kier alpha value is -0.883. The fraction of sp³-hybridized carbons (Fsp3) is 0.625. The van der Waals surface area contributed by atoms with Crippen LogP contribution in [0.3, 0.4) is 0 Å². The highest BCUT2D eigenvalue weighted by Gasteiger charge is 2.37. The van der Waals surface area contributed by atoms with Crippen molar-refractivity contribution in [1.82, 2.24) is 0 Å². The zero-order valence-electron chi connectivity index (χ0n) is 14.4. The number of rotatable bonds is 7. The third-order valence-electron chi connectivity index (χ3n) is 3.17. The van der Waals surface area contributed by atoms with Crippen LogP contribution in [0.4, 0.5) is 5.69 Å². The summed E-state index contributed by atoms with van der Waals surface area (Å²) in [7, 11) is -2.27. The smallest absolute Gasteiger partial charge is 0.399 e. The molecule has 5 heteroatoms. The Kier molecular flexibility index (Phi) is 10.3. The molecule has 0 saturated carbocycles. The van der Waals surface area contributed by atoms with Gasteiger partial charge < -0.3 is 19.0 Å². The second-order valence-electron chi connectivity index (χ2n) is 4.62. The first-order valence-electron chi connectivity index (χ1n) is 7.69. The SMILES string of the molecule is CCO[Si](CC)(OCC)OCC.Cc1cccc(N)c1C. The first kappa shape index (κ1) is 20.1. The topological polar surface area (TPSA) is 53.7 Å². The molecule has 1 rings (SSSR count). The van der Waals surface area contributed by atoms with E-state index in [1.165, 1.54) is 11.1 Å². The van der Waals surface area contributed by atoms with E-state index in [-0.39, 0.29) is 0 Å². The first-order valence-corrected chi connectivity index (χ1v) is 9.62. The van der Waals surface area contributed by atoms with E-state index >= 15 is 0 Å². The lowest BCUT2D eigenvalue weighted by Gasteiger charge is -2.26. The minimum Gasteiger partial charge on any atom is -0.399 e. The van der Waals surface area contributed by atoms with E-state index in [0.717, 1.165) is 11.7 Å². The summed E-state index contributed by atoms with van der Waals surface area (Å²) in [6.07, 6.45) is 0. The van der Waals surface area contributed by atoms with Gasteiger partial charge in [0.05, 0.1) is 0 Å². The van der Waals surface area contributed by atoms with Gasteiger partial charge in [-0.25, -0.2) is 0 Å². The molecule has 0 saturated heterocycles. The molecule has 4 nitrogen and oxygen atoms in total. The lowest BCUT2D eigenvalue weighted by molar-refractivity contribution is 0.0725. The summed E-state index contributed by atoms with van der Waals surface area (Å²) in [4.78, 5) is 0. The van der Waals surface area contributed by atoms with Gasteiger partial charge >= 0.3 is 8.80 Å². The lowest BCUT2D eigenvalue weighted by atomic mass is 10.1. The largest absolute Gasteiger partial charge is 0.500 e. The summed E-state index contributed by atoms with van der Waals surface area (Å²) in [5.74, 6) is 0. The van der Waals surface area contributed by atoms with Crippen LogP contribution in [-0.4, -0.2) is 28.6 Å². The number of benzene rings is 1. The maximum atomic E-state index is 5.62. The molecule has 0 unspecified atom stereocenters. The van der Waals surface area contributed by atoms with Gasteiger partial charge in [-0.15, -0.1) is 0 Å². The fourth-order valence-corrected chi connectivity index (χ4v) is 4.05. The summed E-state index contributed by atoms with van der Waals surface area (Å²) >= 11 is 0. The molecule has 0 radical (unpaired) electrons. The van der Waals surface area contributed by atoms with Crippen LogP contribution in [0.5, 0.6) is 0 Å². The highest BCUT2D eigenvalue weighted by Crippen LogP contribution is 2.14. The van der Waals surface area contributed by atoms with Crippen LogP contribution in [0.1, 0.15) is 38.8 Å². The van der Waals surface area contributed by atoms with Crippen LogP contribution >= 0.6 is 0 Å². The zero-order valence-corrected chi connectivity index (χ0v) is 15.4. The minimum absolute atomic E-state index is 0.667. The maximum absolute atomic E-state index is 5.62. The molecule has 0 aliphatic rings. The van der Waals surface area contributed by atoms with E-state index in [2.05, 4.69) is 13.0 Å². The molecule has 0 bridgehead atoms. The van der Waals surface area contributed by atoms with Crippen molar-refractivity contribution in [1.29, 1.82) is 0 Å². The molecule has 0 heterocycles. The van der Waals surface area contributed by atoms with Crippen LogP contribution in [0.2, 0.25) is 6.04 Å². The second kappa shape index (κ2) is 10.8. The van der Waals surface area contributed by atoms with E-state index in [1.54, 1.807) is 0 Å². The van der Waals surface area contributed by atoms with Crippen LogP contribution in [0.15, 0.2) is 18.2 Å². The van der Waals surface area contributed by atoms with Crippen LogP contribution in [0, 0.1) is 13.8 Å². The monoisotopic (exact) mass is 313 g/mol. The standard InChI is InChI=1S/C8H11N.C8H20O3Si/c1-6-4-3-5-8(9)7(6)2;1-5-9-12(8-4,10-6-2)11-7-3/h3-5H,9H2,1-2H3;5-8H2,1-4H3. The molecule has 0 atom stereocenters. The van der Waals surface area contributed by atoms with E-state index in [1.807, 2.05) is 46.8 Å². The molecule has 122 valence electrons. The molecule has 1 aromatic carbocycles. The summed E-state index contributed by atoms with van der Waals surface area (Å²) in [6, 6.07) is 6.80. The Morgan fingerprint density at radius 1 is 0.905 bits per heavy atom. The molecule has 0 spiro atoms. The third kappa shape index (κ3) is 7.08. The van der Waals surface area contributed by atoms with Crippen molar-refractivity contribution in [2.24, 2.45) is 0 Å². The van der Waals surface area contributed by atoms with Gasteiger partial charge in [0.25, 0.3) is 0 Å². The van der Waals surface area contributed by atoms with E-state index in [0.29, 0.717) is 19.8 Å². The molecule has 0 amide bonds. The Morgan fingerprint density at radius 3 is 1.67 bits per heavy atom. The number of anilines is 1. The van der Waals surface area contributed by atoms with Gasteiger partial charge in [-0.3, -0.25) is 0 Å². The fourth-order valence-electron chi connectivity index (χ4n) is 1.86. The molecule has 2 N–H and O–H groups in total. The summed E-state index contributed by atoms with van der Waals surface area (Å²) < 4.78 is 16.7. The van der Waals surface area contributed by atoms with E-state index in [4.69, 9.17) is 19.0 Å². The normalized spacial score (nSPS) is 11.0. The molecule has 0 aliphatic heterocycles. The maximum Gasteiger partial charge on any atom is 0.500 e. The van der Waals surface area contributed by atoms with Crippen LogP contribution < -0.4 is 5.73 Å². The Balaban J connectivity index is 0.000000394. The predicted octanol–water partition coefficient (Wildman–Crippen LogP) is 3.94. The summed E-state index contributed by atoms with van der Waals surface area (Å²) in [5, 5.41) is 0. The number of nitrogen functional groups attached to an aromatic ring is 1. The van der Waals surface area contributed by atoms with Gasteiger partial charge in [0.2, 0.25) is 0 Å². The predicted molar refractivity (Wildman–Crippen MR) is 91.4 cm³/mol. The number of hydrogen-bond donors (Lipinski definition) is 1. The van der Waals surface area contributed by atoms with Crippen LogP contribution in [-0.2, 0) is 13.3 Å². The molecule has 0 aliphatic carbocycles. The number of nitrogens with two attached hydrogens (primary N) is 1. The van der Waals surface area contributed by atoms with Gasteiger partial charge in [0, 0.05) is 31.6 Å². The highest BCUT2D eigenvalue weighted by atomic mass is 28.4. The molecular formula is C16H31NO3Si. The van der Waals surface area contributed by atoms with Crippen molar-refractivity contribution in [3.8, 4) is 0 Å². The van der Waals surface area contributed by atoms with E-state index < -0.39 is 8.80 Å². The Labute approximate surface area is 131 Å². The molecule has 1 aromatic rings. The molecule has 21 heavy (non-hydrogen) atoms. The second-order valence-corrected chi connectivity index (χ2v) is 7.56. The first-order chi connectivity index (χ1) is 9.96. The number of aryl methyl sites for hydroxylation is 1. The van der Waals surface area contributed by atoms with Crippen molar-refractivity contribution in [2.75, 3.05) is 25.6 Å². The minimum atomic E-state index is -2.27. The summed E-state index contributed by atoms with van der Waals surface area (Å²) in [5.41, 5.74) is 8.96. The van der Waals surface area contributed by atoms with Gasteiger partial charge in [0.1, 0.15) is 0 Å². The third-order valence-corrected chi connectivity index (χ3v) is 6.22. The molecule has 0 aromatic heterocycles. The number of hydrogen-bond acceptors (Lipinski definition) is 4. The van der Waals surface area contributed by atoms with Crippen molar-refractivity contribution in [3.05, 3.63) is 29.3 Å². The van der Waals surface area contributed by atoms with Crippen molar-refractivity contribution in [3.63, 3.8) is 0 Å². The summed E-state index contributed by atoms with van der Waals surface area (Å²) in [6.45, 7) is 14.0. The quantitative estimate of drug-likeness (QED) is 0.612. The van der Waals surface area contributed by atoms with Crippen molar-refractivity contribution < 1.29 is 13.3 Å². The van der Waals surface area contributed by atoms with E-state index in [9.17, 15) is 0 Å². The zero-order chi connectivity index (χ0) is 16.3. The average molecular weight is 314 g/mol. The molecular weight excluding hydrogens is 282 g/mol.